The minimum Gasteiger partial charge on any atom is -0.491 e. The van der Waals surface area contributed by atoms with Crippen molar-refractivity contribution in [2.75, 3.05) is 20.8 Å². The van der Waals surface area contributed by atoms with E-state index in [-0.39, 0.29) is 0 Å². The zero-order valence-corrected chi connectivity index (χ0v) is 14.2. The third kappa shape index (κ3) is 5.57. The van der Waals surface area contributed by atoms with Crippen LogP contribution in [0.4, 0.5) is 0 Å². The van der Waals surface area contributed by atoms with Crippen molar-refractivity contribution < 1.29 is 9.47 Å². The van der Waals surface area contributed by atoms with E-state index in [0.717, 1.165) is 31.5 Å². The number of pyridine rings is 1. The first-order valence-electron chi connectivity index (χ1n) is 8.08. The standard InChI is InChI=1S/C19H26N2O2/c1-15(9-10-16-7-5-4-6-8-16)20-14-13-17-11-12-18(22-2)19(21-17)23-3/h4-8,11-12,15,20H,9-10,13-14H2,1-3H3/t15-/m1/s1. The molecular formula is C19H26N2O2. The highest BCUT2D eigenvalue weighted by atomic mass is 16.5. The molecule has 2 rings (SSSR count). The van der Waals surface area contributed by atoms with Crippen LogP contribution in [-0.4, -0.2) is 31.8 Å². The summed E-state index contributed by atoms with van der Waals surface area (Å²) in [6, 6.07) is 15.0. The number of nitrogens with zero attached hydrogens (tertiary/aromatic N) is 1. The number of rotatable bonds is 9. The smallest absolute Gasteiger partial charge is 0.256 e. The number of aromatic nitrogens is 1. The molecule has 23 heavy (non-hydrogen) atoms. The van der Waals surface area contributed by atoms with Gasteiger partial charge in [0.25, 0.3) is 5.88 Å². The lowest BCUT2D eigenvalue weighted by Crippen LogP contribution is -2.28. The molecule has 0 aliphatic rings. The Morgan fingerprint density at radius 3 is 2.48 bits per heavy atom. The minimum atomic E-state index is 0.482. The number of hydrogen-bond acceptors (Lipinski definition) is 4. The molecule has 0 bridgehead atoms. The van der Waals surface area contributed by atoms with Gasteiger partial charge in [0.05, 0.1) is 14.2 Å². The van der Waals surface area contributed by atoms with Gasteiger partial charge in [0.2, 0.25) is 0 Å². The summed E-state index contributed by atoms with van der Waals surface area (Å²) in [5.74, 6) is 1.21. The van der Waals surface area contributed by atoms with Crippen LogP contribution >= 0.6 is 0 Å². The van der Waals surface area contributed by atoms with Crippen molar-refractivity contribution in [1.82, 2.24) is 10.3 Å². The van der Waals surface area contributed by atoms with Gasteiger partial charge in [-0.15, -0.1) is 0 Å². The molecule has 2 aromatic rings. The first-order valence-corrected chi connectivity index (χ1v) is 8.08. The molecule has 1 aromatic carbocycles. The first-order chi connectivity index (χ1) is 11.2. The lowest BCUT2D eigenvalue weighted by atomic mass is 10.1. The summed E-state index contributed by atoms with van der Waals surface area (Å²) in [5.41, 5.74) is 2.40. The molecular weight excluding hydrogens is 288 g/mol. The molecule has 4 nitrogen and oxygen atoms in total. The summed E-state index contributed by atoms with van der Waals surface area (Å²) in [5, 5.41) is 3.56. The van der Waals surface area contributed by atoms with Crippen molar-refractivity contribution in [2.24, 2.45) is 0 Å². The van der Waals surface area contributed by atoms with Gasteiger partial charge in [-0.25, -0.2) is 4.98 Å². The Labute approximate surface area is 138 Å². The van der Waals surface area contributed by atoms with Gasteiger partial charge in [0.15, 0.2) is 5.75 Å². The molecule has 124 valence electrons. The number of nitrogens with one attached hydrogen (secondary N) is 1. The normalized spacial score (nSPS) is 12.0. The number of hydrogen-bond donors (Lipinski definition) is 1. The fourth-order valence-electron chi connectivity index (χ4n) is 2.48. The summed E-state index contributed by atoms with van der Waals surface area (Å²) in [4.78, 5) is 4.47. The van der Waals surface area contributed by atoms with Gasteiger partial charge in [0, 0.05) is 24.7 Å². The Morgan fingerprint density at radius 2 is 1.78 bits per heavy atom. The molecule has 4 heteroatoms. The molecule has 0 saturated heterocycles. The van der Waals surface area contributed by atoms with Gasteiger partial charge in [-0.3, -0.25) is 0 Å². The van der Waals surface area contributed by atoms with Gasteiger partial charge in [-0.05, 0) is 37.5 Å². The minimum absolute atomic E-state index is 0.482. The average molecular weight is 314 g/mol. The van der Waals surface area contributed by atoms with Crippen molar-refractivity contribution in [3.05, 3.63) is 53.7 Å². The fraction of sp³-hybridized carbons (Fsp3) is 0.421. The van der Waals surface area contributed by atoms with E-state index in [1.807, 2.05) is 12.1 Å². The van der Waals surface area contributed by atoms with E-state index >= 15 is 0 Å². The number of methoxy groups -OCH3 is 2. The van der Waals surface area contributed by atoms with Gasteiger partial charge in [-0.2, -0.15) is 0 Å². The predicted molar refractivity (Wildman–Crippen MR) is 93.3 cm³/mol. The second-order valence-corrected chi connectivity index (χ2v) is 5.64. The maximum atomic E-state index is 5.24. The predicted octanol–water partition coefficient (Wildman–Crippen LogP) is 3.25. The van der Waals surface area contributed by atoms with Crippen LogP contribution in [0, 0.1) is 0 Å². The van der Waals surface area contributed by atoms with Gasteiger partial charge < -0.3 is 14.8 Å². The summed E-state index contributed by atoms with van der Waals surface area (Å²) in [7, 11) is 3.23. The number of aryl methyl sites for hydroxylation is 1. The Kier molecular flexibility index (Phi) is 6.88. The van der Waals surface area contributed by atoms with Crippen molar-refractivity contribution in [3.63, 3.8) is 0 Å². The van der Waals surface area contributed by atoms with Crippen LogP contribution in [0.2, 0.25) is 0 Å². The zero-order chi connectivity index (χ0) is 16.5. The van der Waals surface area contributed by atoms with E-state index < -0.39 is 0 Å². The van der Waals surface area contributed by atoms with Crippen LogP contribution in [0.25, 0.3) is 0 Å². The van der Waals surface area contributed by atoms with Crippen molar-refractivity contribution in [3.8, 4) is 11.6 Å². The molecule has 0 unspecified atom stereocenters. The highest BCUT2D eigenvalue weighted by Crippen LogP contribution is 2.23. The molecule has 0 saturated carbocycles. The quantitative estimate of drug-likeness (QED) is 0.771. The van der Waals surface area contributed by atoms with Gasteiger partial charge >= 0.3 is 0 Å². The van der Waals surface area contributed by atoms with Gasteiger partial charge in [-0.1, -0.05) is 30.3 Å². The van der Waals surface area contributed by atoms with E-state index in [1.54, 1.807) is 14.2 Å². The topological polar surface area (TPSA) is 43.4 Å². The summed E-state index contributed by atoms with van der Waals surface area (Å²) < 4.78 is 10.4. The second kappa shape index (κ2) is 9.16. The lowest BCUT2D eigenvalue weighted by Gasteiger charge is -2.14. The van der Waals surface area contributed by atoms with Crippen molar-refractivity contribution in [2.45, 2.75) is 32.2 Å². The van der Waals surface area contributed by atoms with Gasteiger partial charge in [0.1, 0.15) is 0 Å². The second-order valence-electron chi connectivity index (χ2n) is 5.64. The molecule has 0 spiro atoms. The highest BCUT2D eigenvalue weighted by Gasteiger charge is 2.07. The first kappa shape index (κ1) is 17.3. The third-order valence-electron chi connectivity index (χ3n) is 3.88. The van der Waals surface area contributed by atoms with Crippen LogP contribution in [0.3, 0.4) is 0 Å². The highest BCUT2D eigenvalue weighted by molar-refractivity contribution is 5.34. The van der Waals surface area contributed by atoms with E-state index in [1.165, 1.54) is 5.56 Å². The fourth-order valence-corrected chi connectivity index (χ4v) is 2.48. The molecule has 1 aromatic heterocycles. The summed E-state index contributed by atoms with van der Waals surface area (Å²) in [6.07, 6.45) is 3.10. The average Bonchev–Trinajstić information content (AvgIpc) is 2.60. The molecule has 1 N–H and O–H groups in total. The lowest BCUT2D eigenvalue weighted by molar-refractivity contribution is 0.341. The molecule has 0 radical (unpaired) electrons. The Hall–Kier alpha value is -2.07. The molecule has 0 aliphatic heterocycles. The third-order valence-corrected chi connectivity index (χ3v) is 3.88. The van der Waals surface area contributed by atoms with Crippen molar-refractivity contribution in [1.29, 1.82) is 0 Å². The van der Waals surface area contributed by atoms with E-state index in [4.69, 9.17) is 9.47 Å². The van der Waals surface area contributed by atoms with Crippen LogP contribution < -0.4 is 14.8 Å². The largest absolute Gasteiger partial charge is 0.491 e. The molecule has 1 atom stereocenters. The molecule has 1 heterocycles. The maximum Gasteiger partial charge on any atom is 0.256 e. The van der Waals surface area contributed by atoms with Crippen LogP contribution in [0.1, 0.15) is 24.6 Å². The summed E-state index contributed by atoms with van der Waals surface area (Å²) >= 11 is 0. The maximum absolute atomic E-state index is 5.24. The van der Waals surface area contributed by atoms with E-state index in [2.05, 4.69) is 47.6 Å². The van der Waals surface area contributed by atoms with Crippen LogP contribution in [0.15, 0.2) is 42.5 Å². The van der Waals surface area contributed by atoms with Crippen LogP contribution in [-0.2, 0) is 12.8 Å². The SMILES string of the molecule is COc1ccc(CCN[C@H](C)CCc2ccccc2)nc1OC. The zero-order valence-electron chi connectivity index (χ0n) is 14.2. The Morgan fingerprint density at radius 1 is 1.00 bits per heavy atom. The molecule has 0 fully saturated rings. The number of ether oxygens (including phenoxy) is 2. The van der Waals surface area contributed by atoms with E-state index in [9.17, 15) is 0 Å². The molecule has 0 aliphatic carbocycles. The van der Waals surface area contributed by atoms with Crippen LogP contribution in [0.5, 0.6) is 11.6 Å². The van der Waals surface area contributed by atoms with Crippen molar-refractivity contribution >= 4 is 0 Å². The molecule has 0 amide bonds. The Balaban J connectivity index is 1.74. The van der Waals surface area contributed by atoms with E-state index in [0.29, 0.717) is 17.7 Å². The monoisotopic (exact) mass is 314 g/mol. The number of benzene rings is 1. The summed E-state index contributed by atoms with van der Waals surface area (Å²) in [6.45, 7) is 3.13. The Bertz CT molecular complexity index is 587.